The van der Waals surface area contributed by atoms with E-state index >= 15 is 0 Å². The number of hydrogen-bond donors (Lipinski definition) is 1. The van der Waals surface area contributed by atoms with Crippen LogP contribution in [-0.4, -0.2) is 30.4 Å². The molecule has 0 saturated carbocycles. The highest BCUT2D eigenvalue weighted by Crippen LogP contribution is 2.16. The summed E-state index contributed by atoms with van der Waals surface area (Å²) in [7, 11) is 1.30. The molecule has 33 heavy (non-hydrogen) atoms. The molecule has 2 aromatic heterocycles. The van der Waals surface area contributed by atoms with E-state index in [2.05, 4.69) is 20.6 Å². The Kier molecular flexibility index (Phi) is 5.89. The first kappa shape index (κ1) is 21.7. The third-order valence-electron chi connectivity index (χ3n) is 4.63. The van der Waals surface area contributed by atoms with Crippen molar-refractivity contribution < 1.29 is 18.1 Å². The van der Waals surface area contributed by atoms with E-state index in [9.17, 15) is 23.2 Å². The van der Waals surface area contributed by atoms with Crippen molar-refractivity contribution in [3.63, 3.8) is 0 Å². The number of halogens is 2. The van der Waals surface area contributed by atoms with Gasteiger partial charge in [-0.2, -0.15) is 14.8 Å². The zero-order valence-electron chi connectivity index (χ0n) is 17.2. The van der Waals surface area contributed by atoms with Gasteiger partial charge in [0.2, 0.25) is 17.6 Å². The predicted molar refractivity (Wildman–Crippen MR) is 112 cm³/mol. The minimum Gasteiger partial charge on any atom is -0.339 e. The fourth-order valence-electron chi connectivity index (χ4n) is 2.93. The molecule has 4 rings (SSSR count). The van der Waals surface area contributed by atoms with Crippen LogP contribution in [0.1, 0.15) is 12.3 Å². The number of aromatic nitrogens is 5. The number of carbonyl (C=O) groups is 1. The Labute approximate surface area is 184 Å². The lowest BCUT2D eigenvalue weighted by molar-refractivity contribution is -0.116. The van der Waals surface area contributed by atoms with Crippen LogP contribution in [0.3, 0.4) is 0 Å². The number of carbonyl (C=O) groups excluding carboxylic acids is 1. The molecule has 168 valence electrons. The van der Waals surface area contributed by atoms with Crippen LogP contribution in [-0.2, 0) is 18.3 Å². The molecule has 0 aliphatic heterocycles. The number of nitrogens with one attached hydrogen (secondary N) is 1. The smallest absolute Gasteiger partial charge is 0.339 e. The number of amides is 1. The van der Waals surface area contributed by atoms with Crippen LogP contribution in [0.15, 0.2) is 62.6 Å². The largest absolute Gasteiger partial charge is 0.351 e. The Balaban J connectivity index is 1.52. The van der Waals surface area contributed by atoms with Gasteiger partial charge in [0.15, 0.2) is 5.69 Å². The lowest BCUT2D eigenvalue weighted by Crippen LogP contribution is -2.40. The summed E-state index contributed by atoms with van der Waals surface area (Å²) in [5.74, 6) is -2.35. The highest BCUT2D eigenvalue weighted by atomic mass is 19.1. The van der Waals surface area contributed by atoms with Crippen LogP contribution in [0.2, 0.25) is 0 Å². The normalized spacial score (nSPS) is 10.9. The molecule has 1 amide bonds. The van der Waals surface area contributed by atoms with Gasteiger partial charge in [0, 0.05) is 26.0 Å². The van der Waals surface area contributed by atoms with E-state index in [-0.39, 0.29) is 35.9 Å². The average Bonchev–Trinajstić information content (AvgIpc) is 3.27. The van der Waals surface area contributed by atoms with Crippen LogP contribution in [0.25, 0.3) is 17.2 Å². The van der Waals surface area contributed by atoms with Crippen molar-refractivity contribution in [2.24, 2.45) is 7.05 Å². The maximum Gasteiger partial charge on any atom is 0.351 e. The Hall–Kier alpha value is -4.48. The second kappa shape index (κ2) is 8.94. The van der Waals surface area contributed by atoms with Crippen LogP contribution in [0, 0.1) is 11.6 Å². The molecule has 0 unspecified atom stereocenters. The van der Waals surface area contributed by atoms with E-state index in [0.29, 0.717) is 11.8 Å². The van der Waals surface area contributed by atoms with E-state index in [0.717, 1.165) is 21.4 Å². The number of anilines is 1. The lowest BCUT2D eigenvalue weighted by atomic mass is 10.2. The number of hydrogen-bond acceptors (Lipinski definition) is 7. The maximum atomic E-state index is 13.7. The van der Waals surface area contributed by atoms with Gasteiger partial charge in [0.1, 0.15) is 11.6 Å². The molecule has 0 aliphatic rings. The fourth-order valence-corrected chi connectivity index (χ4v) is 2.93. The van der Waals surface area contributed by atoms with Gasteiger partial charge in [-0.3, -0.25) is 14.2 Å². The maximum absolute atomic E-state index is 13.7. The molecule has 2 heterocycles. The van der Waals surface area contributed by atoms with E-state index < -0.39 is 28.8 Å². The number of nitrogens with zero attached hydrogens (tertiary/aromatic N) is 5. The minimum atomic E-state index is -0.904. The Morgan fingerprint density at radius 2 is 1.88 bits per heavy atom. The first-order valence-electron chi connectivity index (χ1n) is 9.67. The molecule has 0 fully saturated rings. The van der Waals surface area contributed by atoms with Crippen LogP contribution >= 0.6 is 0 Å². The monoisotopic (exact) mass is 454 g/mol. The van der Waals surface area contributed by atoms with Crippen LogP contribution in [0.5, 0.6) is 0 Å². The SMILES string of the molecule is Cn1c(=O)c(-c2noc(CCC(=O)Nc3ccc(F)cc3F)n2)nn(-c2ccccc2)c1=O. The van der Waals surface area contributed by atoms with E-state index in [1.54, 1.807) is 30.3 Å². The van der Waals surface area contributed by atoms with E-state index in [4.69, 9.17) is 4.52 Å². The van der Waals surface area contributed by atoms with Crippen molar-refractivity contribution in [2.75, 3.05) is 5.32 Å². The predicted octanol–water partition coefficient (Wildman–Crippen LogP) is 1.83. The van der Waals surface area contributed by atoms with Crippen molar-refractivity contribution >= 4 is 11.6 Å². The number of benzene rings is 2. The second-order valence-corrected chi connectivity index (χ2v) is 6.93. The third kappa shape index (κ3) is 4.59. The summed E-state index contributed by atoms with van der Waals surface area (Å²) in [5, 5.41) is 10.1. The van der Waals surface area contributed by atoms with Gasteiger partial charge in [-0.15, -0.1) is 0 Å². The molecule has 12 heteroatoms. The van der Waals surface area contributed by atoms with Crippen molar-refractivity contribution in [3.8, 4) is 17.2 Å². The van der Waals surface area contributed by atoms with Gasteiger partial charge in [0.25, 0.3) is 5.56 Å². The quantitative estimate of drug-likeness (QED) is 0.471. The highest BCUT2D eigenvalue weighted by Gasteiger charge is 2.19. The van der Waals surface area contributed by atoms with Crippen molar-refractivity contribution in [1.82, 2.24) is 24.5 Å². The Morgan fingerprint density at radius 1 is 1.12 bits per heavy atom. The zero-order chi connectivity index (χ0) is 23.5. The highest BCUT2D eigenvalue weighted by molar-refractivity contribution is 5.90. The molecule has 0 radical (unpaired) electrons. The molecular weight excluding hydrogens is 438 g/mol. The molecule has 0 spiro atoms. The van der Waals surface area contributed by atoms with Crippen LogP contribution < -0.4 is 16.6 Å². The molecule has 4 aromatic rings. The van der Waals surface area contributed by atoms with E-state index in [1.807, 2.05) is 0 Å². The first-order chi connectivity index (χ1) is 15.8. The first-order valence-corrected chi connectivity index (χ1v) is 9.67. The van der Waals surface area contributed by atoms with Gasteiger partial charge in [-0.05, 0) is 24.3 Å². The molecule has 0 bridgehead atoms. The van der Waals surface area contributed by atoms with Crippen molar-refractivity contribution in [2.45, 2.75) is 12.8 Å². The van der Waals surface area contributed by atoms with Gasteiger partial charge in [-0.25, -0.2) is 13.6 Å². The standard InChI is InChI=1S/C21H16F2N6O4/c1-28-20(31)18(26-29(21(28)32)13-5-3-2-4-6-13)19-25-17(33-27-19)10-9-16(30)24-15-8-7-12(22)11-14(15)23/h2-8,11H,9-10H2,1H3,(H,24,30). The summed E-state index contributed by atoms with van der Waals surface area (Å²) in [6.45, 7) is 0. The molecular formula is C21H16F2N6O4. The summed E-state index contributed by atoms with van der Waals surface area (Å²) in [5.41, 5.74) is -1.31. The van der Waals surface area contributed by atoms with Gasteiger partial charge in [-0.1, -0.05) is 23.4 Å². The topological polar surface area (TPSA) is 125 Å². The summed E-state index contributed by atoms with van der Waals surface area (Å²) in [4.78, 5) is 41.2. The average molecular weight is 454 g/mol. The molecule has 0 atom stereocenters. The third-order valence-corrected chi connectivity index (χ3v) is 4.63. The van der Waals surface area contributed by atoms with Gasteiger partial charge >= 0.3 is 5.69 Å². The van der Waals surface area contributed by atoms with Gasteiger partial charge in [0.05, 0.1) is 11.4 Å². The lowest BCUT2D eigenvalue weighted by Gasteiger charge is -2.07. The number of aryl methyl sites for hydroxylation is 1. The summed E-state index contributed by atoms with van der Waals surface area (Å²) in [6, 6.07) is 11.3. The molecule has 0 aliphatic carbocycles. The minimum absolute atomic E-state index is 0.0136. The Bertz CT molecular complexity index is 1450. The number of rotatable bonds is 6. The zero-order valence-corrected chi connectivity index (χ0v) is 17.2. The van der Waals surface area contributed by atoms with Crippen molar-refractivity contribution in [1.29, 1.82) is 0 Å². The molecule has 1 N–H and O–H groups in total. The fraction of sp³-hybridized carbons (Fsp3) is 0.143. The van der Waals surface area contributed by atoms with E-state index in [1.165, 1.54) is 7.05 Å². The van der Waals surface area contributed by atoms with Crippen molar-refractivity contribution in [3.05, 3.63) is 86.9 Å². The van der Waals surface area contributed by atoms with Crippen LogP contribution in [0.4, 0.5) is 14.5 Å². The van der Waals surface area contributed by atoms with Gasteiger partial charge < -0.3 is 9.84 Å². The molecule has 10 nitrogen and oxygen atoms in total. The summed E-state index contributed by atoms with van der Waals surface area (Å²) < 4.78 is 33.6. The summed E-state index contributed by atoms with van der Waals surface area (Å²) >= 11 is 0. The Morgan fingerprint density at radius 3 is 2.61 bits per heavy atom. The summed E-state index contributed by atoms with van der Waals surface area (Å²) in [6.07, 6.45) is -0.159. The molecule has 2 aromatic carbocycles. The number of para-hydroxylation sites is 1. The molecule has 0 saturated heterocycles. The second-order valence-electron chi connectivity index (χ2n) is 6.93.